The van der Waals surface area contributed by atoms with E-state index in [0.29, 0.717) is 51.7 Å². The Hall–Kier alpha value is -3.92. The number of H-pyrrole nitrogens is 1. The molecule has 0 saturated carbocycles. The summed E-state index contributed by atoms with van der Waals surface area (Å²) in [5.41, 5.74) is 3.25. The van der Waals surface area contributed by atoms with E-state index in [1.807, 2.05) is 51.1 Å². The van der Waals surface area contributed by atoms with Gasteiger partial charge in [-0.15, -0.1) is 5.10 Å². The number of methoxy groups -OCH3 is 1. The first-order chi connectivity index (χ1) is 26.7. The Bertz CT molecular complexity index is 1880. The number of aromatic nitrogens is 4. The molecule has 0 bridgehead atoms. The molecule has 3 aromatic carbocycles. The monoisotopic (exact) mass is 776 g/mol. The Labute approximate surface area is 325 Å². The van der Waals surface area contributed by atoms with Crippen molar-refractivity contribution in [1.82, 2.24) is 25.9 Å². The molecule has 1 saturated heterocycles. The smallest absolute Gasteiger partial charge is 0.209 e. The van der Waals surface area contributed by atoms with Crippen LogP contribution in [0, 0.1) is 6.92 Å². The van der Waals surface area contributed by atoms with Crippen molar-refractivity contribution in [2.75, 3.05) is 58.1 Å². The number of ether oxygens (including phenoxy) is 5. The number of piperidine rings is 1. The van der Waals surface area contributed by atoms with Crippen LogP contribution >= 0.6 is 0 Å². The van der Waals surface area contributed by atoms with Gasteiger partial charge >= 0.3 is 0 Å². The molecule has 55 heavy (non-hydrogen) atoms. The summed E-state index contributed by atoms with van der Waals surface area (Å²) >= 11 is 0. The Balaban J connectivity index is 1.31. The molecule has 0 aliphatic carbocycles. The van der Waals surface area contributed by atoms with Crippen LogP contribution in [0.25, 0.3) is 0 Å². The van der Waals surface area contributed by atoms with E-state index in [4.69, 9.17) is 23.7 Å². The third kappa shape index (κ3) is 10.5. The van der Waals surface area contributed by atoms with Gasteiger partial charge < -0.3 is 33.9 Å². The fraction of sp³-hybridized carbons (Fsp3) is 0.537. The zero-order valence-corrected chi connectivity index (χ0v) is 33.5. The minimum atomic E-state index is -4.01. The molecule has 0 spiro atoms. The minimum absolute atomic E-state index is 0.0227. The lowest BCUT2D eigenvalue weighted by Crippen LogP contribution is -2.48. The third-order valence-electron chi connectivity index (χ3n) is 10.5. The maximum absolute atomic E-state index is 14.7. The second-order valence-corrected chi connectivity index (χ2v) is 16.7. The van der Waals surface area contributed by atoms with Gasteiger partial charge in [-0.3, -0.25) is 0 Å². The number of sulfone groups is 1. The Morgan fingerprint density at radius 3 is 2.58 bits per heavy atom. The molecule has 6 rings (SSSR count). The van der Waals surface area contributed by atoms with Gasteiger partial charge in [-0.25, -0.2) is 13.5 Å². The van der Waals surface area contributed by atoms with Gasteiger partial charge in [0.05, 0.1) is 42.5 Å². The SMILES string of the molecule is CCO[C@H](C)COCc1ccc([C@H]2C[C@H](C[C@@H](C)c3nnn[nH]3)NC[C@@H]2OC(c2ccc3c(c2)N(CCCOC)CCO3)S(=O)(=O)c2ccc(C)cc2)cc1. The van der Waals surface area contributed by atoms with Crippen LogP contribution in [0.4, 0.5) is 5.69 Å². The molecule has 1 unspecified atom stereocenters. The predicted molar refractivity (Wildman–Crippen MR) is 210 cm³/mol. The van der Waals surface area contributed by atoms with E-state index in [1.165, 1.54) is 0 Å². The van der Waals surface area contributed by atoms with Gasteiger partial charge in [0, 0.05) is 51.3 Å². The zero-order valence-electron chi connectivity index (χ0n) is 32.6. The number of hydrogen-bond donors (Lipinski definition) is 2. The van der Waals surface area contributed by atoms with Crippen LogP contribution in [-0.4, -0.2) is 100 Å². The van der Waals surface area contributed by atoms with E-state index in [2.05, 4.69) is 62.0 Å². The lowest BCUT2D eigenvalue weighted by molar-refractivity contribution is -0.00777. The molecule has 298 valence electrons. The largest absolute Gasteiger partial charge is 0.490 e. The van der Waals surface area contributed by atoms with Crippen molar-refractivity contribution < 1.29 is 32.1 Å². The summed E-state index contributed by atoms with van der Waals surface area (Å²) < 4.78 is 59.4. The van der Waals surface area contributed by atoms with E-state index in [0.717, 1.165) is 59.8 Å². The van der Waals surface area contributed by atoms with E-state index in [1.54, 1.807) is 19.2 Å². The number of fused-ring (bicyclic) bond motifs is 1. The summed E-state index contributed by atoms with van der Waals surface area (Å²) in [7, 11) is -2.32. The van der Waals surface area contributed by atoms with Gasteiger partial charge in [0.25, 0.3) is 0 Å². The summed E-state index contributed by atoms with van der Waals surface area (Å²) in [5.74, 6) is 1.44. The van der Waals surface area contributed by atoms with Crippen molar-refractivity contribution in [3.8, 4) is 5.75 Å². The van der Waals surface area contributed by atoms with Crippen molar-refractivity contribution in [1.29, 1.82) is 0 Å². The molecule has 0 radical (unpaired) electrons. The fourth-order valence-corrected chi connectivity index (χ4v) is 9.06. The highest BCUT2D eigenvalue weighted by atomic mass is 32.2. The summed E-state index contributed by atoms with van der Waals surface area (Å²) in [4.78, 5) is 2.45. The van der Waals surface area contributed by atoms with Crippen LogP contribution in [0.15, 0.2) is 71.6 Å². The van der Waals surface area contributed by atoms with Crippen molar-refractivity contribution in [2.24, 2.45) is 0 Å². The maximum atomic E-state index is 14.7. The number of aromatic amines is 1. The number of rotatable bonds is 19. The van der Waals surface area contributed by atoms with Gasteiger partial charge in [0.2, 0.25) is 9.84 Å². The number of nitrogens with zero attached hydrogens (tertiary/aromatic N) is 4. The normalized spacial score (nSPS) is 20.4. The minimum Gasteiger partial charge on any atom is -0.490 e. The number of anilines is 1. The number of hydrogen-bond acceptors (Lipinski definition) is 12. The average molecular weight is 777 g/mol. The summed E-state index contributed by atoms with van der Waals surface area (Å²) in [6, 6.07) is 21.1. The zero-order chi connectivity index (χ0) is 38.8. The predicted octanol–water partition coefficient (Wildman–Crippen LogP) is 5.88. The first-order valence-corrected chi connectivity index (χ1v) is 20.9. The number of benzene rings is 3. The van der Waals surface area contributed by atoms with Crippen molar-refractivity contribution in [3.63, 3.8) is 0 Å². The van der Waals surface area contributed by atoms with Gasteiger partial charge in [-0.2, -0.15) is 0 Å². The molecule has 2 aliphatic rings. The molecule has 6 atom stereocenters. The standard InChI is InChI=1S/C41H56N6O7S/c1-6-52-30(4)26-51-27-31-10-12-32(13-11-31)36-24-34(22-29(3)40-43-45-46-44-40)42-25-39(36)54-41(55(48,49)35-15-8-28(2)9-16-35)33-14-17-38-37(23-33)47(19-21-53-38)18-7-20-50-5/h8-17,23,29-30,34,36,39,41-42H,6-7,18-22,24-27H2,1-5H3,(H,43,44,45,46)/t29-,30-,34+,36-,39+,41?/m1/s1. The van der Waals surface area contributed by atoms with Gasteiger partial charge in [-0.05, 0) is 91.4 Å². The van der Waals surface area contributed by atoms with E-state index < -0.39 is 21.4 Å². The van der Waals surface area contributed by atoms with Crippen molar-refractivity contribution >= 4 is 15.5 Å². The van der Waals surface area contributed by atoms with E-state index >= 15 is 0 Å². The summed E-state index contributed by atoms with van der Waals surface area (Å²) in [5, 5.41) is 18.3. The molecular formula is C41H56N6O7S. The van der Waals surface area contributed by atoms with Crippen LogP contribution in [-0.2, 0) is 35.4 Å². The Morgan fingerprint density at radius 2 is 1.85 bits per heavy atom. The highest BCUT2D eigenvalue weighted by molar-refractivity contribution is 7.91. The van der Waals surface area contributed by atoms with Crippen molar-refractivity contribution in [3.05, 3.63) is 94.8 Å². The molecule has 0 amide bonds. The van der Waals surface area contributed by atoms with E-state index in [-0.39, 0.29) is 28.9 Å². The van der Waals surface area contributed by atoms with Gasteiger partial charge in [-0.1, -0.05) is 55.0 Å². The van der Waals surface area contributed by atoms with E-state index in [9.17, 15) is 8.42 Å². The third-order valence-corrected chi connectivity index (χ3v) is 12.3. The maximum Gasteiger partial charge on any atom is 0.209 e. The molecule has 14 heteroatoms. The van der Waals surface area contributed by atoms with Gasteiger partial charge in [0.1, 0.15) is 12.4 Å². The average Bonchev–Trinajstić information content (AvgIpc) is 3.74. The molecule has 2 aliphatic heterocycles. The van der Waals surface area contributed by atoms with Crippen LogP contribution in [0.3, 0.4) is 0 Å². The fourth-order valence-electron chi connectivity index (χ4n) is 7.50. The first-order valence-electron chi connectivity index (χ1n) is 19.4. The molecule has 1 fully saturated rings. The number of nitrogens with one attached hydrogen (secondary N) is 2. The molecule has 4 aromatic rings. The second kappa shape index (κ2) is 19.3. The van der Waals surface area contributed by atoms with Crippen LogP contribution in [0.5, 0.6) is 5.75 Å². The number of tetrazole rings is 1. The first kappa shape index (κ1) is 40.7. The quantitative estimate of drug-likeness (QED) is 0.110. The Morgan fingerprint density at radius 1 is 1.05 bits per heavy atom. The van der Waals surface area contributed by atoms with Crippen LogP contribution < -0.4 is 15.0 Å². The summed E-state index contributed by atoms with van der Waals surface area (Å²) in [6.07, 6.45) is 1.90. The van der Waals surface area contributed by atoms with Crippen LogP contribution in [0.1, 0.15) is 85.4 Å². The van der Waals surface area contributed by atoms with Crippen molar-refractivity contribution in [2.45, 2.75) is 94.0 Å². The summed E-state index contributed by atoms with van der Waals surface area (Å²) in [6.45, 7) is 12.7. The lowest BCUT2D eigenvalue weighted by atomic mass is 9.81. The van der Waals surface area contributed by atoms with Crippen LogP contribution in [0.2, 0.25) is 0 Å². The number of aryl methyl sites for hydroxylation is 1. The molecule has 13 nitrogen and oxygen atoms in total. The van der Waals surface area contributed by atoms with Gasteiger partial charge in [0.15, 0.2) is 11.3 Å². The molecule has 1 aromatic heterocycles. The highest BCUT2D eigenvalue weighted by Gasteiger charge is 2.40. The second-order valence-electron chi connectivity index (χ2n) is 14.7. The molecular weight excluding hydrogens is 721 g/mol. The highest BCUT2D eigenvalue weighted by Crippen LogP contribution is 2.42. The Kier molecular flexibility index (Phi) is 14.3. The molecule has 3 heterocycles. The topological polar surface area (TPSA) is 150 Å². The molecule has 2 N–H and O–H groups in total. The lowest BCUT2D eigenvalue weighted by Gasteiger charge is -2.40.